The molecule has 0 aliphatic heterocycles. The number of rotatable bonds is 7. The van der Waals surface area contributed by atoms with Crippen molar-refractivity contribution in [1.29, 1.82) is 0 Å². The van der Waals surface area contributed by atoms with Crippen LogP contribution in [0, 0.1) is 10.1 Å². The summed E-state index contributed by atoms with van der Waals surface area (Å²) in [5, 5.41) is 14.2. The van der Waals surface area contributed by atoms with Gasteiger partial charge in [-0.05, 0) is 30.2 Å². The Morgan fingerprint density at radius 1 is 1.18 bits per heavy atom. The number of nitro groups is 1. The second kappa shape index (κ2) is 7.91. The zero-order valence-electron chi connectivity index (χ0n) is 12.2. The lowest BCUT2D eigenvalue weighted by atomic mass is 10.1. The van der Waals surface area contributed by atoms with Gasteiger partial charge in [0.25, 0.3) is 5.69 Å². The summed E-state index contributed by atoms with van der Waals surface area (Å²) < 4.78 is 6.03. The van der Waals surface area contributed by atoms with Gasteiger partial charge in [-0.25, -0.2) is 0 Å². The van der Waals surface area contributed by atoms with Crippen molar-refractivity contribution in [2.45, 2.75) is 20.1 Å². The molecule has 0 aliphatic carbocycles. The normalized spacial score (nSPS) is 10.5. The molecule has 2 aromatic carbocycles. The number of hydrogen-bond donors (Lipinski definition) is 1. The molecule has 0 fully saturated rings. The molecule has 22 heavy (non-hydrogen) atoms. The molecular formula is C16H17BrN2O3. The molecule has 116 valence electrons. The van der Waals surface area contributed by atoms with E-state index in [1.165, 1.54) is 6.07 Å². The molecule has 6 heteroatoms. The standard InChI is InChI=1S/C16H17BrN2O3/c1-2-22-11-13-5-3-12(4-6-13)10-18-15-8-7-14(17)9-16(15)19(20)21/h3-9,18H,2,10-11H2,1H3. The summed E-state index contributed by atoms with van der Waals surface area (Å²) in [6, 6.07) is 13.0. The Kier molecular flexibility index (Phi) is 5.91. The number of nitrogens with zero attached hydrogens (tertiary/aromatic N) is 1. The lowest BCUT2D eigenvalue weighted by Gasteiger charge is -2.08. The Morgan fingerprint density at radius 2 is 1.86 bits per heavy atom. The highest BCUT2D eigenvalue weighted by Gasteiger charge is 2.13. The molecule has 0 saturated heterocycles. The van der Waals surface area contributed by atoms with Crippen LogP contribution in [0.3, 0.4) is 0 Å². The summed E-state index contributed by atoms with van der Waals surface area (Å²) in [5.74, 6) is 0. The SMILES string of the molecule is CCOCc1ccc(CNc2ccc(Br)cc2[N+](=O)[O-])cc1. The van der Waals surface area contributed by atoms with Crippen molar-refractivity contribution in [2.75, 3.05) is 11.9 Å². The van der Waals surface area contributed by atoms with Crippen molar-refractivity contribution in [3.63, 3.8) is 0 Å². The highest BCUT2D eigenvalue weighted by atomic mass is 79.9. The van der Waals surface area contributed by atoms with E-state index in [4.69, 9.17) is 4.74 Å². The Balaban J connectivity index is 2.02. The molecule has 0 spiro atoms. The first-order valence-electron chi connectivity index (χ1n) is 6.93. The third kappa shape index (κ3) is 4.54. The van der Waals surface area contributed by atoms with E-state index in [1.807, 2.05) is 31.2 Å². The smallest absolute Gasteiger partial charge is 0.293 e. The van der Waals surface area contributed by atoms with E-state index in [9.17, 15) is 10.1 Å². The first-order valence-corrected chi connectivity index (χ1v) is 7.73. The topological polar surface area (TPSA) is 64.4 Å². The van der Waals surface area contributed by atoms with Crippen molar-refractivity contribution in [3.05, 3.63) is 68.2 Å². The van der Waals surface area contributed by atoms with E-state index in [0.717, 1.165) is 11.1 Å². The van der Waals surface area contributed by atoms with Crippen LogP contribution in [0.2, 0.25) is 0 Å². The molecule has 0 atom stereocenters. The van der Waals surface area contributed by atoms with Crippen LogP contribution in [0.25, 0.3) is 0 Å². The van der Waals surface area contributed by atoms with Crippen LogP contribution >= 0.6 is 15.9 Å². The summed E-state index contributed by atoms with van der Waals surface area (Å²) in [5.41, 5.74) is 2.73. The Hall–Kier alpha value is -1.92. The molecule has 0 unspecified atom stereocenters. The van der Waals surface area contributed by atoms with E-state index >= 15 is 0 Å². The minimum atomic E-state index is -0.391. The van der Waals surface area contributed by atoms with Gasteiger partial charge in [0.2, 0.25) is 0 Å². The van der Waals surface area contributed by atoms with Crippen LogP contribution in [0.4, 0.5) is 11.4 Å². The lowest BCUT2D eigenvalue weighted by Crippen LogP contribution is -2.03. The van der Waals surface area contributed by atoms with E-state index in [2.05, 4.69) is 21.2 Å². The van der Waals surface area contributed by atoms with E-state index < -0.39 is 4.92 Å². The number of anilines is 1. The Bertz CT molecular complexity index is 644. The summed E-state index contributed by atoms with van der Waals surface area (Å²) in [6.45, 7) is 3.78. The molecule has 0 amide bonds. The molecule has 5 nitrogen and oxygen atoms in total. The summed E-state index contributed by atoms with van der Waals surface area (Å²) in [7, 11) is 0. The fourth-order valence-electron chi connectivity index (χ4n) is 1.98. The molecule has 2 rings (SSSR count). The van der Waals surface area contributed by atoms with E-state index in [-0.39, 0.29) is 5.69 Å². The second-order valence-corrected chi connectivity index (χ2v) is 5.64. The number of benzene rings is 2. The number of nitro benzene ring substituents is 1. The summed E-state index contributed by atoms with van der Waals surface area (Å²) >= 11 is 3.25. The molecule has 0 heterocycles. The maximum atomic E-state index is 11.1. The zero-order valence-corrected chi connectivity index (χ0v) is 13.8. The van der Waals surface area contributed by atoms with Crippen LogP contribution in [0.5, 0.6) is 0 Å². The van der Waals surface area contributed by atoms with Gasteiger partial charge in [0, 0.05) is 23.7 Å². The molecule has 0 radical (unpaired) electrons. The zero-order chi connectivity index (χ0) is 15.9. The number of nitrogens with one attached hydrogen (secondary N) is 1. The van der Waals surface area contributed by atoms with Gasteiger partial charge in [0.1, 0.15) is 5.69 Å². The van der Waals surface area contributed by atoms with Gasteiger partial charge in [0.15, 0.2) is 0 Å². The summed E-state index contributed by atoms with van der Waals surface area (Å²) in [6.07, 6.45) is 0. The van der Waals surface area contributed by atoms with Crippen molar-refractivity contribution < 1.29 is 9.66 Å². The monoisotopic (exact) mass is 364 g/mol. The highest BCUT2D eigenvalue weighted by Crippen LogP contribution is 2.28. The third-order valence-electron chi connectivity index (χ3n) is 3.14. The third-order valence-corrected chi connectivity index (χ3v) is 3.63. The van der Waals surface area contributed by atoms with Crippen molar-refractivity contribution in [1.82, 2.24) is 0 Å². The maximum Gasteiger partial charge on any atom is 0.293 e. The second-order valence-electron chi connectivity index (χ2n) is 4.73. The van der Waals surface area contributed by atoms with E-state index in [0.29, 0.717) is 29.9 Å². The van der Waals surface area contributed by atoms with Gasteiger partial charge in [-0.15, -0.1) is 0 Å². The predicted octanol–water partition coefficient (Wildman–Crippen LogP) is 4.51. The van der Waals surface area contributed by atoms with Crippen molar-refractivity contribution in [2.24, 2.45) is 0 Å². The van der Waals surface area contributed by atoms with Crippen molar-refractivity contribution in [3.8, 4) is 0 Å². The molecule has 0 aromatic heterocycles. The largest absolute Gasteiger partial charge is 0.377 e. The molecule has 0 saturated carbocycles. The van der Waals surface area contributed by atoms with Crippen molar-refractivity contribution >= 4 is 27.3 Å². The van der Waals surface area contributed by atoms with Crippen LogP contribution in [-0.4, -0.2) is 11.5 Å². The molecular weight excluding hydrogens is 348 g/mol. The molecule has 0 bridgehead atoms. The van der Waals surface area contributed by atoms with Gasteiger partial charge >= 0.3 is 0 Å². The maximum absolute atomic E-state index is 11.1. The van der Waals surface area contributed by atoms with Crippen LogP contribution in [0.1, 0.15) is 18.1 Å². The van der Waals surface area contributed by atoms with Gasteiger partial charge < -0.3 is 10.1 Å². The minimum absolute atomic E-state index is 0.0577. The molecule has 1 N–H and O–H groups in total. The Labute approximate surface area is 137 Å². The number of ether oxygens (including phenoxy) is 1. The highest BCUT2D eigenvalue weighted by molar-refractivity contribution is 9.10. The molecule has 2 aromatic rings. The first-order chi connectivity index (χ1) is 10.6. The first kappa shape index (κ1) is 16.5. The van der Waals surface area contributed by atoms with Crippen LogP contribution in [-0.2, 0) is 17.9 Å². The number of hydrogen-bond acceptors (Lipinski definition) is 4. The fraction of sp³-hybridized carbons (Fsp3) is 0.250. The number of halogens is 1. The van der Waals surface area contributed by atoms with E-state index in [1.54, 1.807) is 12.1 Å². The average molecular weight is 365 g/mol. The molecule has 0 aliphatic rings. The van der Waals surface area contributed by atoms with Gasteiger partial charge in [-0.3, -0.25) is 10.1 Å². The van der Waals surface area contributed by atoms with Crippen LogP contribution < -0.4 is 5.32 Å². The Morgan fingerprint density at radius 3 is 2.50 bits per heavy atom. The fourth-order valence-corrected chi connectivity index (χ4v) is 2.32. The van der Waals surface area contributed by atoms with Gasteiger partial charge in [0.05, 0.1) is 11.5 Å². The quantitative estimate of drug-likeness (QED) is 0.579. The summed E-state index contributed by atoms with van der Waals surface area (Å²) in [4.78, 5) is 10.7. The lowest BCUT2D eigenvalue weighted by molar-refractivity contribution is -0.384. The minimum Gasteiger partial charge on any atom is -0.377 e. The van der Waals surface area contributed by atoms with Gasteiger partial charge in [-0.2, -0.15) is 0 Å². The van der Waals surface area contributed by atoms with Gasteiger partial charge in [-0.1, -0.05) is 40.2 Å². The average Bonchev–Trinajstić information content (AvgIpc) is 2.52. The van der Waals surface area contributed by atoms with Crippen LogP contribution in [0.15, 0.2) is 46.9 Å². The predicted molar refractivity (Wildman–Crippen MR) is 89.9 cm³/mol.